The van der Waals surface area contributed by atoms with Crippen LogP contribution in [0.4, 0.5) is 4.39 Å². The molecule has 2 unspecified atom stereocenters. The van der Waals surface area contributed by atoms with Crippen LogP contribution in [0, 0.1) is 11.7 Å². The standard InChI is InChI=1S/C23H31FN4O2/c1-23(2,3)27-21(29)13-28-16-5-6-17(28)9-14(8-16)11-26-22(30)19-12-25-20-7-4-15(24)10-18(19)20/h4,7,10,12,14,16-17,25H,5-6,8-9,11,13H2,1-3H3,(H,26,30)(H,27,29). The molecule has 2 amide bonds. The summed E-state index contributed by atoms with van der Waals surface area (Å²) in [6.45, 7) is 7.05. The van der Waals surface area contributed by atoms with Gasteiger partial charge in [-0.1, -0.05) is 0 Å². The van der Waals surface area contributed by atoms with Gasteiger partial charge in [0.05, 0.1) is 12.1 Å². The van der Waals surface area contributed by atoms with Crippen molar-refractivity contribution >= 4 is 22.7 Å². The van der Waals surface area contributed by atoms with Crippen LogP contribution in [-0.2, 0) is 4.79 Å². The van der Waals surface area contributed by atoms with E-state index in [0.717, 1.165) is 31.2 Å². The molecule has 0 aliphatic carbocycles. The van der Waals surface area contributed by atoms with Crippen molar-refractivity contribution in [3.8, 4) is 0 Å². The van der Waals surface area contributed by atoms with Gasteiger partial charge in [-0.15, -0.1) is 0 Å². The number of nitrogens with zero attached hydrogens (tertiary/aromatic N) is 1. The maximum atomic E-state index is 13.6. The number of halogens is 1. The molecule has 1 aromatic carbocycles. The Bertz CT molecular complexity index is 934. The minimum Gasteiger partial charge on any atom is -0.360 e. The average Bonchev–Trinajstić information content (AvgIpc) is 3.15. The molecule has 2 aromatic rings. The van der Waals surface area contributed by atoms with Gasteiger partial charge in [0.15, 0.2) is 0 Å². The number of rotatable bonds is 5. The fraction of sp³-hybridized carbons (Fsp3) is 0.565. The maximum Gasteiger partial charge on any atom is 0.253 e. The van der Waals surface area contributed by atoms with Crippen molar-refractivity contribution in [3.05, 3.63) is 35.8 Å². The second kappa shape index (κ2) is 8.02. The zero-order valence-corrected chi connectivity index (χ0v) is 17.9. The monoisotopic (exact) mass is 414 g/mol. The first-order chi connectivity index (χ1) is 14.2. The molecule has 3 N–H and O–H groups in total. The van der Waals surface area contributed by atoms with Crippen molar-refractivity contribution in [3.63, 3.8) is 0 Å². The third-order valence-corrected chi connectivity index (χ3v) is 6.26. The quantitative estimate of drug-likeness (QED) is 0.703. The van der Waals surface area contributed by atoms with Gasteiger partial charge < -0.3 is 15.6 Å². The van der Waals surface area contributed by atoms with E-state index in [1.165, 1.54) is 12.1 Å². The predicted octanol–water partition coefficient (Wildman–Crippen LogP) is 3.19. The summed E-state index contributed by atoms with van der Waals surface area (Å²) in [6.07, 6.45) is 5.84. The Morgan fingerprint density at radius 3 is 2.57 bits per heavy atom. The summed E-state index contributed by atoms with van der Waals surface area (Å²) >= 11 is 0. The number of hydrogen-bond acceptors (Lipinski definition) is 3. The molecule has 3 heterocycles. The number of aromatic nitrogens is 1. The number of amides is 2. The van der Waals surface area contributed by atoms with Crippen LogP contribution in [-0.4, -0.2) is 52.4 Å². The number of carbonyl (C=O) groups excluding carboxylic acids is 2. The van der Waals surface area contributed by atoms with Crippen LogP contribution in [0.15, 0.2) is 24.4 Å². The zero-order chi connectivity index (χ0) is 21.5. The SMILES string of the molecule is CC(C)(C)NC(=O)CN1C2CCC1CC(CNC(=O)c1c[nH]c3ccc(F)cc13)C2. The van der Waals surface area contributed by atoms with Crippen LogP contribution in [0.3, 0.4) is 0 Å². The van der Waals surface area contributed by atoms with Crippen LogP contribution in [0.5, 0.6) is 0 Å². The Morgan fingerprint density at radius 1 is 1.20 bits per heavy atom. The molecule has 7 heteroatoms. The molecule has 2 aliphatic rings. The molecule has 2 fully saturated rings. The minimum absolute atomic E-state index is 0.0812. The highest BCUT2D eigenvalue weighted by Gasteiger charge is 2.41. The molecule has 6 nitrogen and oxygen atoms in total. The van der Waals surface area contributed by atoms with E-state index in [0.29, 0.717) is 42.0 Å². The lowest BCUT2D eigenvalue weighted by Crippen LogP contribution is -2.52. The van der Waals surface area contributed by atoms with Gasteiger partial charge >= 0.3 is 0 Å². The van der Waals surface area contributed by atoms with Gasteiger partial charge in [0, 0.05) is 41.3 Å². The fourth-order valence-corrected chi connectivity index (χ4v) is 5.05. The number of hydrogen-bond donors (Lipinski definition) is 3. The molecule has 2 atom stereocenters. The number of piperidine rings is 1. The Labute approximate surface area is 176 Å². The third-order valence-electron chi connectivity index (χ3n) is 6.26. The molecule has 4 rings (SSSR count). The van der Waals surface area contributed by atoms with Crippen molar-refractivity contribution in [1.82, 2.24) is 20.5 Å². The van der Waals surface area contributed by atoms with Gasteiger partial charge in [-0.3, -0.25) is 14.5 Å². The van der Waals surface area contributed by atoms with Crippen molar-refractivity contribution in [1.29, 1.82) is 0 Å². The highest BCUT2D eigenvalue weighted by molar-refractivity contribution is 6.06. The van der Waals surface area contributed by atoms with E-state index in [4.69, 9.17) is 0 Å². The number of H-pyrrole nitrogens is 1. The van der Waals surface area contributed by atoms with E-state index >= 15 is 0 Å². The average molecular weight is 415 g/mol. The van der Waals surface area contributed by atoms with Crippen LogP contribution < -0.4 is 10.6 Å². The summed E-state index contributed by atoms with van der Waals surface area (Å²) in [5, 5.41) is 6.70. The lowest BCUT2D eigenvalue weighted by atomic mass is 9.90. The Kier molecular flexibility index (Phi) is 5.57. The zero-order valence-electron chi connectivity index (χ0n) is 17.9. The van der Waals surface area contributed by atoms with Gasteiger partial charge in [0.2, 0.25) is 5.91 Å². The molecule has 0 saturated carbocycles. The highest BCUT2D eigenvalue weighted by atomic mass is 19.1. The van der Waals surface area contributed by atoms with Crippen molar-refractivity contribution < 1.29 is 14.0 Å². The second-order valence-corrected chi connectivity index (χ2v) is 9.80. The van der Waals surface area contributed by atoms with E-state index in [1.807, 2.05) is 20.8 Å². The molecular formula is C23H31FN4O2. The summed E-state index contributed by atoms with van der Waals surface area (Å²) in [6, 6.07) is 5.22. The van der Waals surface area contributed by atoms with Crippen molar-refractivity contribution in [2.45, 2.75) is 64.1 Å². The molecule has 162 valence electrons. The lowest BCUT2D eigenvalue weighted by Gasteiger charge is -2.39. The topological polar surface area (TPSA) is 77.2 Å². The second-order valence-electron chi connectivity index (χ2n) is 9.80. The lowest BCUT2D eigenvalue weighted by molar-refractivity contribution is -0.125. The first-order valence-electron chi connectivity index (χ1n) is 10.8. The number of nitrogens with one attached hydrogen (secondary N) is 3. The first kappa shape index (κ1) is 20.8. The van der Waals surface area contributed by atoms with Crippen LogP contribution in [0.25, 0.3) is 10.9 Å². The van der Waals surface area contributed by atoms with Crippen LogP contribution >= 0.6 is 0 Å². The molecule has 1 aromatic heterocycles. The molecule has 0 radical (unpaired) electrons. The summed E-state index contributed by atoms with van der Waals surface area (Å²) in [5.74, 6) is -0.0465. The number of aromatic amines is 1. The summed E-state index contributed by atoms with van der Waals surface area (Å²) < 4.78 is 13.6. The van der Waals surface area contributed by atoms with E-state index in [1.54, 1.807) is 12.3 Å². The highest BCUT2D eigenvalue weighted by Crippen LogP contribution is 2.38. The minimum atomic E-state index is -0.351. The smallest absolute Gasteiger partial charge is 0.253 e. The predicted molar refractivity (Wildman–Crippen MR) is 115 cm³/mol. The Hall–Kier alpha value is -2.41. The Morgan fingerprint density at radius 2 is 1.90 bits per heavy atom. The molecule has 30 heavy (non-hydrogen) atoms. The number of carbonyl (C=O) groups is 2. The van der Waals surface area contributed by atoms with Crippen molar-refractivity contribution in [2.75, 3.05) is 13.1 Å². The van der Waals surface area contributed by atoms with Crippen LogP contribution in [0.1, 0.15) is 56.8 Å². The number of fused-ring (bicyclic) bond motifs is 3. The maximum absolute atomic E-state index is 13.6. The molecule has 2 aliphatic heterocycles. The van der Waals surface area contributed by atoms with Gasteiger partial charge in [0.25, 0.3) is 5.91 Å². The molecule has 2 saturated heterocycles. The van der Waals surface area contributed by atoms with E-state index in [-0.39, 0.29) is 23.2 Å². The Balaban J connectivity index is 1.32. The van der Waals surface area contributed by atoms with Gasteiger partial charge in [-0.2, -0.15) is 0 Å². The largest absolute Gasteiger partial charge is 0.360 e. The van der Waals surface area contributed by atoms with Gasteiger partial charge in [-0.05, 0) is 70.6 Å². The third kappa shape index (κ3) is 4.51. The molecular weight excluding hydrogens is 383 g/mol. The van der Waals surface area contributed by atoms with E-state index in [9.17, 15) is 14.0 Å². The summed E-state index contributed by atoms with van der Waals surface area (Å²) in [7, 11) is 0. The van der Waals surface area contributed by atoms with E-state index < -0.39 is 0 Å². The van der Waals surface area contributed by atoms with Crippen LogP contribution in [0.2, 0.25) is 0 Å². The van der Waals surface area contributed by atoms with E-state index in [2.05, 4.69) is 20.5 Å². The van der Waals surface area contributed by atoms with Gasteiger partial charge in [0.1, 0.15) is 5.82 Å². The number of benzene rings is 1. The summed E-state index contributed by atoms with van der Waals surface area (Å²) in [4.78, 5) is 30.4. The van der Waals surface area contributed by atoms with Crippen molar-refractivity contribution in [2.24, 2.45) is 5.92 Å². The molecule has 0 spiro atoms. The van der Waals surface area contributed by atoms with Gasteiger partial charge in [-0.25, -0.2) is 4.39 Å². The first-order valence-corrected chi connectivity index (χ1v) is 10.8. The summed E-state index contributed by atoms with van der Waals surface area (Å²) in [5.41, 5.74) is 1.01. The molecule has 2 bridgehead atoms. The normalized spacial score (nSPS) is 24.2. The fourth-order valence-electron chi connectivity index (χ4n) is 5.05.